The SMILES string of the molecule is Cc1cc(-c2cccc(Cn3c(=O)cc(C)c4ccc(Oc5cccc(-c6noc(C)n6)c5)cc43)c2)no1. The molecule has 0 fully saturated rings. The number of hydrogen-bond acceptors (Lipinski definition) is 7. The zero-order valence-corrected chi connectivity index (χ0v) is 21.1. The Morgan fingerprint density at radius 3 is 2.42 bits per heavy atom. The monoisotopic (exact) mass is 504 g/mol. The van der Waals surface area contributed by atoms with Crippen LogP contribution in [0.15, 0.2) is 92.7 Å². The highest BCUT2D eigenvalue weighted by molar-refractivity contribution is 5.84. The normalized spacial score (nSPS) is 11.2. The van der Waals surface area contributed by atoms with Crippen LogP contribution in [-0.2, 0) is 6.54 Å². The highest BCUT2D eigenvalue weighted by Crippen LogP contribution is 2.29. The summed E-state index contributed by atoms with van der Waals surface area (Å²) >= 11 is 0. The zero-order chi connectivity index (χ0) is 26.2. The van der Waals surface area contributed by atoms with Gasteiger partial charge in [-0.1, -0.05) is 40.6 Å². The molecule has 3 aromatic heterocycles. The molecule has 0 N–H and O–H groups in total. The van der Waals surface area contributed by atoms with E-state index in [9.17, 15) is 4.79 Å². The van der Waals surface area contributed by atoms with E-state index < -0.39 is 0 Å². The molecular formula is C30H24N4O4. The Labute approximate surface area is 218 Å². The summed E-state index contributed by atoms with van der Waals surface area (Å²) in [5.41, 5.74) is 5.09. The number of ether oxygens (including phenoxy) is 1. The number of pyridine rings is 1. The van der Waals surface area contributed by atoms with E-state index in [4.69, 9.17) is 13.8 Å². The first-order valence-electron chi connectivity index (χ1n) is 12.2. The van der Waals surface area contributed by atoms with Crippen LogP contribution in [-0.4, -0.2) is 19.9 Å². The molecule has 8 nitrogen and oxygen atoms in total. The summed E-state index contributed by atoms with van der Waals surface area (Å²) in [4.78, 5) is 17.4. The van der Waals surface area contributed by atoms with E-state index >= 15 is 0 Å². The van der Waals surface area contributed by atoms with Gasteiger partial charge in [0.2, 0.25) is 11.7 Å². The van der Waals surface area contributed by atoms with Crippen LogP contribution in [0.5, 0.6) is 11.5 Å². The molecule has 0 spiro atoms. The van der Waals surface area contributed by atoms with E-state index in [-0.39, 0.29) is 5.56 Å². The van der Waals surface area contributed by atoms with Crippen LogP contribution in [0, 0.1) is 20.8 Å². The van der Waals surface area contributed by atoms with E-state index in [0.717, 1.165) is 44.6 Å². The van der Waals surface area contributed by atoms with Gasteiger partial charge in [0.05, 0.1) is 12.1 Å². The molecule has 6 rings (SSSR count). The van der Waals surface area contributed by atoms with Gasteiger partial charge in [-0.2, -0.15) is 4.98 Å². The molecule has 0 saturated carbocycles. The number of rotatable bonds is 6. The standard InChI is InChI=1S/C30H24N4O4/c1-18-12-29(35)34(17-21-6-4-7-22(14-21)27-13-19(2)37-32-27)28-16-25(10-11-26(18)28)36-24-9-5-8-23(15-24)30-31-20(3)38-33-30/h4-16H,17H2,1-3H3. The highest BCUT2D eigenvalue weighted by Gasteiger charge is 2.12. The van der Waals surface area contributed by atoms with E-state index in [1.165, 1.54) is 0 Å². The molecule has 8 heteroatoms. The lowest BCUT2D eigenvalue weighted by molar-refractivity contribution is 0.394. The number of fused-ring (bicyclic) bond motifs is 1. The minimum atomic E-state index is -0.0793. The average molecular weight is 505 g/mol. The van der Waals surface area contributed by atoms with E-state index in [1.807, 2.05) is 86.6 Å². The maximum absolute atomic E-state index is 13.2. The molecule has 3 aromatic carbocycles. The molecule has 0 amide bonds. The van der Waals surface area contributed by atoms with Gasteiger partial charge in [-0.3, -0.25) is 4.79 Å². The van der Waals surface area contributed by atoms with Crippen LogP contribution in [0.2, 0.25) is 0 Å². The van der Waals surface area contributed by atoms with E-state index in [2.05, 4.69) is 15.3 Å². The van der Waals surface area contributed by atoms with Crippen LogP contribution in [0.4, 0.5) is 0 Å². The molecule has 3 heterocycles. The Morgan fingerprint density at radius 1 is 0.816 bits per heavy atom. The Kier molecular flexibility index (Phi) is 5.84. The van der Waals surface area contributed by atoms with Crippen LogP contribution in [0.25, 0.3) is 33.5 Å². The molecule has 188 valence electrons. The third-order valence-corrected chi connectivity index (χ3v) is 6.34. The minimum Gasteiger partial charge on any atom is -0.457 e. The number of nitrogens with zero attached hydrogens (tertiary/aromatic N) is 4. The van der Waals surface area contributed by atoms with Gasteiger partial charge in [0.1, 0.15) is 23.0 Å². The molecule has 0 bridgehead atoms. The van der Waals surface area contributed by atoms with Crippen LogP contribution >= 0.6 is 0 Å². The molecule has 0 aliphatic heterocycles. The molecule has 0 aliphatic carbocycles. The number of hydrogen-bond donors (Lipinski definition) is 0. The molecule has 0 unspecified atom stereocenters. The Bertz CT molecular complexity index is 1850. The van der Waals surface area contributed by atoms with Crippen molar-refractivity contribution in [3.63, 3.8) is 0 Å². The molecule has 0 radical (unpaired) electrons. The summed E-state index contributed by atoms with van der Waals surface area (Å²) in [6.07, 6.45) is 0. The molecular weight excluding hydrogens is 480 g/mol. The molecule has 0 atom stereocenters. The predicted molar refractivity (Wildman–Crippen MR) is 143 cm³/mol. The summed E-state index contributed by atoms with van der Waals surface area (Å²) in [5, 5.41) is 9.08. The second kappa shape index (κ2) is 9.48. The van der Waals surface area contributed by atoms with Gasteiger partial charge in [0.15, 0.2) is 0 Å². The first kappa shape index (κ1) is 23.4. The number of aromatic nitrogens is 4. The quantitative estimate of drug-likeness (QED) is 0.256. The summed E-state index contributed by atoms with van der Waals surface area (Å²) in [5.74, 6) is 2.98. The summed E-state index contributed by atoms with van der Waals surface area (Å²) < 4.78 is 18.3. The van der Waals surface area contributed by atoms with Gasteiger partial charge in [-0.25, -0.2) is 0 Å². The third kappa shape index (κ3) is 4.59. The number of benzene rings is 3. The second-order valence-corrected chi connectivity index (χ2v) is 9.22. The zero-order valence-electron chi connectivity index (χ0n) is 21.1. The van der Waals surface area contributed by atoms with Crippen molar-refractivity contribution in [2.24, 2.45) is 0 Å². The van der Waals surface area contributed by atoms with Gasteiger partial charge >= 0.3 is 0 Å². The van der Waals surface area contributed by atoms with Gasteiger partial charge < -0.3 is 18.4 Å². The maximum atomic E-state index is 13.2. The first-order chi connectivity index (χ1) is 18.4. The van der Waals surface area contributed by atoms with Crippen molar-refractivity contribution in [2.75, 3.05) is 0 Å². The lowest BCUT2D eigenvalue weighted by Gasteiger charge is -2.14. The van der Waals surface area contributed by atoms with Gasteiger partial charge in [-0.15, -0.1) is 0 Å². The van der Waals surface area contributed by atoms with Crippen LogP contribution in [0.3, 0.4) is 0 Å². The Hall–Kier alpha value is -4.98. The van der Waals surface area contributed by atoms with Crippen molar-refractivity contribution >= 4 is 10.9 Å². The maximum Gasteiger partial charge on any atom is 0.251 e. The van der Waals surface area contributed by atoms with Crippen LogP contribution in [0.1, 0.15) is 22.8 Å². The first-order valence-corrected chi connectivity index (χ1v) is 12.2. The average Bonchev–Trinajstić information content (AvgIpc) is 3.55. The smallest absolute Gasteiger partial charge is 0.251 e. The second-order valence-electron chi connectivity index (χ2n) is 9.22. The fourth-order valence-electron chi connectivity index (χ4n) is 4.52. The Morgan fingerprint density at radius 2 is 1.63 bits per heavy atom. The van der Waals surface area contributed by atoms with Crippen LogP contribution < -0.4 is 10.3 Å². The Balaban J connectivity index is 1.36. The summed E-state index contributed by atoms with van der Waals surface area (Å²) in [6, 6.07) is 24.8. The lowest BCUT2D eigenvalue weighted by Crippen LogP contribution is -2.21. The fourth-order valence-corrected chi connectivity index (χ4v) is 4.52. The van der Waals surface area contributed by atoms with Gasteiger partial charge in [0.25, 0.3) is 5.56 Å². The van der Waals surface area contributed by atoms with Gasteiger partial charge in [0, 0.05) is 41.6 Å². The minimum absolute atomic E-state index is 0.0793. The topological polar surface area (TPSA) is 96.2 Å². The highest BCUT2D eigenvalue weighted by atomic mass is 16.5. The van der Waals surface area contributed by atoms with E-state index in [0.29, 0.717) is 29.8 Å². The van der Waals surface area contributed by atoms with Crippen molar-refractivity contribution in [3.8, 4) is 34.1 Å². The van der Waals surface area contributed by atoms with Crippen molar-refractivity contribution in [1.29, 1.82) is 0 Å². The molecule has 6 aromatic rings. The van der Waals surface area contributed by atoms with Crippen molar-refractivity contribution < 1.29 is 13.8 Å². The van der Waals surface area contributed by atoms with Gasteiger partial charge in [-0.05, 0) is 55.3 Å². The third-order valence-electron chi connectivity index (χ3n) is 6.34. The fraction of sp³-hybridized carbons (Fsp3) is 0.133. The number of aryl methyl sites for hydroxylation is 3. The molecule has 0 saturated heterocycles. The molecule has 38 heavy (non-hydrogen) atoms. The summed E-state index contributed by atoms with van der Waals surface area (Å²) in [7, 11) is 0. The van der Waals surface area contributed by atoms with Crippen molar-refractivity contribution in [1.82, 2.24) is 19.9 Å². The largest absolute Gasteiger partial charge is 0.457 e. The van der Waals surface area contributed by atoms with Crippen molar-refractivity contribution in [3.05, 3.63) is 112 Å². The predicted octanol–water partition coefficient (Wildman–Crippen LogP) is 6.47. The molecule has 0 aliphatic rings. The summed E-state index contributed by atoms with van der Waals surface area (Å²) in [6.45, 7) is 5.95. The van der Waals surface area contributed by atoms with Crippen molar-refractivity contribution in [2.45, 2.75) is 27.3 Å². The lowest BCUT2D eigenvalue weighted by atomic mass is 10.1. The van der Waals surface area contributed by atoms with E-state index in [1.54, 1.807) is 17.6 Å².